The summed E-state index contributed by atoms with van der Waals surface area (Å²) in [6.07, 6.45) is 8.46. The summed E-state index contributed by atoms with van der Waals surface area (Å²) in [5.41, 5.74) is 0.876. The normalized spacial score (nSPS) is 14.4. The van der Waals surface area contributed by atoms with Gasteiger partial charge in [-0.2, -0.15) is 0 Å². The Morgan fingerprint density at radius 2 is 1.59 bits per heavy atom. The number of sulfonamides is 1. The van der Waals surface area contributed by atoms with Crippen molar-refractivity contribution in [1.82, 2.24) is 20.2 Å². The Balaban J connectivity index is 1.47. The van der Waals surface area contributed by atoms with E-state index in [1.54, 1.807) is 16.7 Å². The molecule has 8 nitrogen and oxygen atoms in total. The number of hydrogen-bond acceptors (Lipinski definition) is 5. The van der Waals surface area contributed by atoms with Gasteiger partial charge >= 0.3 is 0 Å². The van der Waals surface area contributed by atoms with Crippen LogP contribution in [0.5, 0.6) is 0 Å². The highest BCUT2D eigenvalue weighted by molar-refractivity contribution is 7.92. The van der Waals surface area contributed by atoms with E-state index in [2.05, 4.69) is 20.3 Å². The first-order valence-corrected chi connectivity index (χ1v) is 14.7. The molecule has 11 heteroatoms. The van der Waals surface area contributed by atoms with E-state index in [-0.39, 0.29) is 16.4 Å². The maximum absolute atomic E-state index is 13.1. The molecule has 0 spiro atoms. The Kier molecular flexibility index (Phi) is 9.48. The second-order valence-electron chi connectivity index (χ2n) is 9.15. The maximum atomic E-state index is 13.1. The highest BCUT2D eigenvalue weighted by Gasteiger charge is 2.24. The summed E-state index contributed by atoms with van der Waals surface area (Å²) in [7, 11) is -4.00. The molecule has 3 N–H and O–H groups in total. The van der Waals surface area contributed by atoms with E-state index in [9.17, 15) is 13.2 Å². The van der Waals surface area contributed by atoms with Gasteiger partial charge < -0.3 is 15.2 Å². The molecule has 1 aromatic heterocycles. The molecule has 37 heavy (non-hydrogen) atoms. The summed E-state index contributed by atoms with van der Waals surface area (Å²) in [4.78, 5) is 17.3. The summed E-state index contributed by atoms with van der Waals surface area (Å²) >= 11 is 11.9. The number of benzene rings is 2. The number of halogens is 2. The van der Waals surface area contributed by atoms with E-state index in [1.165, 1.54) is 62.7 Å². The Morgan fingerprint density at radius 3 is 2.27 bits per heavy atom. The Hall–Kier alpha value is -2.59. The van der Waals surface area contributed by atoms with Crippen LogP contribution in [0.2, 0.25) is 10.0 Å². The average Bonchev–Trinajstić information content (AvgIpc) is 3.27. The highest BCUT2D eigenvalue weighted by atomic mass is 35.5. The SMILES string of the molecule is O=C(NCCCNC1CCCCC1)c1ncn(Cc2ccc(Cl)cc2)c1NS(=O)(=O)c1ccc(Cl)cc1. The van der Waals surface area contributed by atoms with Gasteiger partial charge in [0.1, 0.15) is 0 Å². The zero-order chi connectivity index (χ0) is 26.3. The topological polar surface area (TPSA) is 105 Å². The molecule has 1 amide bonds. The first-order chi connectivity index (χ1) is 17.8. The molecule has 1 aliphatic rings. The number of imidazole rings is 1. The lowest BCUT2D eigenvalue weighted by molar-refractivity contribution is 0.0949. The third-order valence-electron chi connectivity index (χ3n) is 6.35. The first kappa shape index (κ1) is 27.4. The fourth-order valence-electron chi connectivity index (χ4n) is 4.35. The molecule has 0 unspecified atom stereocenters. The molecular formula is C26H31Cl2N5O3S. The van der Waals surface area contributed by atoms with Crippen molar-refractivity contribution in [2.24, 2.45) is 0 Å². The molecule has 2 aromatic carbocycles. The molecule has 0 aliphatic heterocycles. The van der Waals surface area contributed by atoms with Crippen LogP contribution in [0.3, 0.4) is 0 Å². The molecule has 1 aliphatic carbocycles. The minimum atomic E-state index is -4.00. The molecule has 3 aromatic rings. The van der Waals surface area contributed by atoms with Gasteiger partial charge in [0, 0.05) is 22.6 Å². The Morgan fingerprint density at radius 1 is 0.946 bits per heavy atom. The van der Waals surface area contributed by atoms with Crippen LogP contribution in [0.15, 0.2) is 59.8 Å². The monoisotopic (exact) mass is 563 g/mol. The largest absolute Gasteiger partial charge is 0.351 e. The van der Waals surface area contributed by atoms with Crippen LogP contribution in [0.1, 0.15) is 54.6 Å². The number of rotatable bonds is 11. The molecular weight excluding hydrogens is 533 g/mol. The van der Waals surface area contributed by atoms with Gasteiger partial charge in [-0.15, -0.1) is 0 Å². The lowest BCUT2D eigenvalue weighted by atomic mass is 9.95. The molecule has 4 rings (SSSR count). The van der Waals surface area contributed by atoms with Gasteiger partial charge in [0.05, 0.1) is 17.8 Å². The number of carbonyl (C=O) groups excluding carboxylic acids is 1. The zero-order valence-electron chi connectivity index (χ0n) is 20.4. The minimum Gasteiger partial charge on any atom is -0.351 e. The van der Waals surface area contributed by atoms with Gasteiger partial charge in [0.15, 0.2) is 11.5 Å². The van der Waals surface area contributed by atoms with Crippen LogP contribution in [-0.2, 0) is 16.6 Å². The van der Waals surface area contributed by atoms with Crippen molar-refractivity contribution < 1.29 is 13.2 Å². The van der Waals surface area contributed by atoms with E-state index in [0.717, 1.165) is 18.5 Å². The Labute approximate surface area is 227 Å². The van der Waals surface area contributed by atoms with Crippen LogP contribution >= 0.6 is 23.2 Å². The number of aromatic nitrogens is 2. The van der Waals surface area contributed by atoms with Crippen molar-refractivity contribution in [3.05, 3.63) is 76.2 Å². The number of anilines is 1. The fourth-order valence-corrected chi connectivity index (χ4v) is 5.68. The number of nitrogens with zero attached hydrogens (tertiary/aromatic N) is 2. The summed E-state index contributed by atoms with van der Waals surface area (Å²) in [5, 5.41) is 7.44. The molecule has 0 radical (unpaired) electrons. The quantitative estimate of drug-likeness (QED) is 0.282. The van der Waals surface area contributed by atoms with Gasteiger partial charge in [-0.05, 0) is 67.8 Å². The van der Waals surface area contributed by atoms with E-state index in [4.69, 9.17) is 23.2 Å². The van der Waals surface area contributed by atoms with Crippen LogP contribution < -0.4 is 15.4 Å². The number of amides is 1. The van der Waals surface area contributed by atoms with Crippen LogP contribution in [-0.4, -0.2) is 43.0 Å². The number of nitrogens with one attached hydrogen (secondary N) is 3. The third-order valence-corrected chi connectivity index (χ3v) is 8.21. The van der Waals surface area contributed by atoms with Crippen molar-refractivity contribution in [2.75, 3.05) is 17.8 Å². The average molecular weight is 565 g/mol. The van der Waals surface area contributed by atoms with Crippen molar-refractivity contribution >= 4 is 45.0 Å². The van der Waals surface area contributed by atoms with E-state index >= 15 is 0 Å². The second kappa shape index (κ2) is 12.8. The first-order valence-electron chi connectivity index (χ1n) is 12.4. The smallest absolute Gasteiger partial charge is 0.273 e. The number of hydrogen-bond donors (Lipinski definition) is 3. The molecule has 0 saturated heterocycles. The number of carbonyl (C=O) groups is 1. The molecule has 1 heterocycles. The van der Waals surface area contributed by atoms with E-state index in [0.29, 0.717) is 29.2 Å². The summed E-state index contributed by atoms with van der Waals surface area (Å²) in [6, 6.07) is 13.5. The van der Waals surface area contributed by atoms with Crippen molar-refractivity contribution in [2.45, 2.75) is 56.0 Å². The molecule has 0 bridgehead atoms. The van der Waals surface area contributed by atoms with Crippen molar-refractivity contribution in [3.63, 3.8) is 0 Å². The predicted octanol–water partition coefficient (Wildman–Crippen LogP) is 5.08. The third kappa shape index (κ3) is 7.70. The summed E-state index contributed by atoms with van der Waals surface area (Å²) in [5.74, 6) is -0.357. The lowest BCUT2D eigenvalue weighted by Crippen LogP contribution is -2.34. The summed E-state index contributed by atoms with van der Waals surface area (Å²) < 4.78 is 30.4. The van der Waals surface area contributed by atoms with Gasteiger partial charge in [-0.1, -0.05) is 54.6 Å². The van der Waals surface area contributed by atoms with Crippen LogP contribution in [0, 0.1) is 0 Å². The van der Waals surface area contributed by atoms with Gasteiger partial charge in [0.2, 0.25) is 0 Å². The molecule has 1 saturated carbocycles. The molecule has 0 atom stereocenters. The maximum Gasteiger partial charge on any atom is 0.273 e. The standard InChI is InChI=1S/C26H31Cl2N5O3S/c27-20-9-7-19(8-10-20)17-33-18-31-24(25(33)32-37(35,36)23-13-11-21(28)12-14-23)26(34)30-16-4-15-29-22-5-2-1-3-6-22/h7-14,18,22,29,32H,1-6,15-17H2,(H,30,34). The van der Waals surface area contributed by atoms with Gasteiger partial charge in [-0.25, -0.2) is 13.4 Å². The van der Waals surface area contributed by atoms with Crippen LogP contribution in [0.25, 0.3) is 0 Å². The lowest BCUT2D eigenvalue weighted by Gasteiger charge is -2.22. The highest BCUT2D eigenvalue weighted by Crippen LogP contribution is 2.23. The van der Waals surface area contributed by atoms with E-state index in [1.807, 2.05) is 12.1 Å². The second-order valence-corrected chi connectivity index (χ2v) is 11.7. The Bertz CT molecular complexity index is 1290. The van der Waals surface area contributed by atoms with Crippen molar-refractivity contribution in [1.29, 1.82) is 0 Å². The predicted molar refractivity (Wildman–Crippen MR) is 147 cm³/mol. The van der Waals surface area contributed by atoms with Gasteiger partial charge in [0.25, 0.3) is 15.9 Å². The van der Waals surface area contributed by atoms with Gasteiger partial charge in [-0.3, -0.25) is 9.52 Å². The van der Waals surface area contributed by atoms with Crippen molar-refractivity contribution in [3.8, 4) is 0 Å². The minimum absolute atomic E-state index is 0.00624. The van der Waals surface area contributed by atoms with E-state index < -0.39 is 15.9 Å². The zero-order valence-corrected chi connectivity index (χ0v) is 22.7. The van der Waals surface area contributed by atoms with Crippen LogP contribution in [0.4, 0.5) is 5.82 Å². The molecule has 198 valence electrons. The molecule has 1 fully saturated rings. The fraction of sp³-hybridized carbons (Fsp3) is 0.385. The summed E-state index contributed by atoms with van der Waals surface area (Å²) in [6.45, 7) is 1.55.